The van der Waals surface area contributed by atoms with Crippen LogP contribution in [0, 0.1) is 6.92 Å². The van der Waals surface area contributed by atoms with Crippen molar-refractivity contribution in [2.75, 3.05) is 17.3 Å². The second-order valence-electron chi connectivity index (χ2n) is 6.57. The average Bonchev–Trinajstić information content (AvgIpc) is 2.48. The van der Waals surface area contributed by atoms with Crippen molar-refractivity contribution in [1.29, 1.82) is 0 Å². The maximum Gasteiger partial charge on any atom is 0.326 e. The first-order valence-electron chi connectivity index (χ1n) is 7.50. The van der Waals surface area contributed by atoms with Gasteiger partial charge < -0.3 is 5.32 Å². The molecule has 2 aromatic carbocycles. The number of urea groups is 1. The van der Waals surface area contributed by atoms with E-state index in [1.54, 1.807) is 11.9 Å². The maximum atomic E-state index is 12.6. The highest BCUT2D eigenvalue weighted by atomic mass is 16.2. The molecule has 1 N–H and O–H groups in total. The Balaban J connectivity index is 2.27. The van der Waals surface area contributed by atoms with E-state index < -0.39 is 0 Å². The molecule has 0 aliphatic carbocycles. The molecule has 116 valence electrons. The lowest BCUT2D eigenvalue weighted by atomic mass is 9.85. The molecular weight excluding hydrogens is 272 g/mol. The van der Waals surface area contributed by atoms with Crippen molar-refractivity contribution in [1.82, 2.24) is 0 Å². The smallest absolute Gasteiger partial charge is 0.307 e. The van der Waals surface area contributed by atoms with Crippen LogP contribution in [0.4, 0.5) is 16.2 Å². The van der Waals surface area contributed by atoms with Crippen molar-refractivity contribution in [3.63, 3.8) is 0 Å². The predicted molar refractivity (Wildman–Crippen MR) is 93.7 cm³/mol. The number of hydrogen-bond donors (Lipinski definition) is 1. The number of anilines is 2. The summed E-state index contributed by atoms with van der Waals surface area (Å²) in [5, 5.41) is 2.97. The SMILES string of the molecule is Cc1ccccc1NC(=O)N(C)c1ccccc1C(C)(C)C. The highest BCUT2D eigenvalue weighted by Crippen LogP contribution is 2.31. The van der Waals surface area contributed by atoms with E-state index >= 15 is 0 Å². The van der Waals surface area contributed by atoms with Gasteiger partial charge in [0.1, 0.15) is 0 Å². The first-order chi connectivity index (χ1) is 10.3. The Hall–Kier alpha value is -2.29. The topological polar surface area (TPSA) is 32.3 Å². The fourth-order valence-corrected chi connectivity index (χ4v) is 2.42. The Morgan fingerprint density at radius 3 is 2.23 bits per heavy atom. The zero-order valence-corrected chi connectivity index (χ0v) is 14.0. The van der Waals surface area contributed by atoms with E-state index in [1.165, 1.54) is 0 Å². The molecule has 3 heteroatoms. The largest absolute Gasteiger partial charge is 0.326 e. The Bertz CT molecular complexity index is 671. The van der Waals surface area contributed by atoms with Crippen molar-refractivity contribution in [3.8, 4) is 0 Å². The molecule has 0 unspecified atom stereocenters. The molecule has 2 aromatic rings. The van der Waals surface area contributed by atoms with Crippen LogP contribution in [0.1, 0.15) is 31.9 Å². The summed E-state index contributed by atoms with van der Waals surface area (Å²) in [6.45, 7) is 8.44. The van der Waals surface area contributed by atoms with Crippen LogP contribution in [-0.4, -0.2) is 13.1 Å². The Morgan fingerprint density at radius 1 is 1.00 bits per heavy atom. The number of para-hydroxylation sites is 2. The second kappa shape index (κ2) is 6.22. The van der Waals surface area contributed by atoms with Gasteiger partial charge in [-0.2, -0.15) is 0 Å². The minimum Gasteiger partial charge on any atom is -0.307 e. The molecule has 0 aliphatic rings. The van der Waals surface area contributed by atoms with Gasteiger partial charge in [0.25, 0.3) is 0 Å². The molecule has 3 nitrogen and oxygen atoms in total. The third-order valence-corrected chi connectivity index (χ3v) is 3.76. The van der Waals surface area contributed by atoms with Crippen LogP contribution in [-0.2, 0) is 5.41 Å². The monoisotopic (exact) mass is 296 g/mol. The van der Waals surface area contributed by atoms with Gasteiger partial charge in [0.2, 0.25) is 0 Å². The lowest BCUT2D eigenvalue weighted by molar-refractivity contribution is 0.258. The van der Waals surface area contributed by atoms with Gasteiger partial charge in [-0.25, -0.2) is 4.79 Å². The molecule has 0 radical (unpaired) electrons. The molecular formula is C19H24N2O. The molecule has 2 rings (SSSR count). The fraction of sp³-hybridized carbons (Fsp3) is 0.316. The molecule has 0 heterocycles. The van der Waals surface area contributed by atoms with E-state index in [9.17, 15) is 4.79 Å². The zero-order valence-electron chi connectivity index (χ0n) is 14.0. The number of hydrogen-bond acceptors (Lipinski definition) is 1. The van der Waals surface area contributed by atoms with Crippen molar-refractivity contribution in [2.45, 2.75) is 33.1 Å². The van der Waals surface area contributed by atoms with Gasteiger partial charge in [-0.05, 0) is 35.6 Å². The first-order valence-corrected chi connectivity index (χ1v) is 7.50. The second-order valence-corrected chi connectivity index (χ2v) is 6.57. The van der Waals surface area contributed by atoms with Crippen LogP contribution in [0.3, 0.4) is 0 Å². The molecule has 0 saturated heterocycles. The summed E-state index contributed by atoms with van der Waals surface area (Å²) in [6.07, 6.45) is 0. The fourth-order valence-electron chi connectivity index (χ4n) is 2.42. The van der Waals surface area contributed by atoms with Gasteiger partial charge in [-0.1, -0.05) is 57.2 Å². The number of nitrogens with zero attached hydrogens (tertiary/aromatic N) is 1. The van der Waals surface area contributed by atoms with Crippen molar-refractivity contribution < 1.29 is 4.79 Å². The van der Waals surface area contributed by atoms with Gasteiger partial charge in [0.15, 0.2) is 0 Å². The third-order valence-electron chi connectivity index (χ3n) is 3.76. The molecule has 0 atom stereocenters. The quantitative estimate of drug-likeness (QED) is 0.834. The van der Waals surface area contributed by atoms with Gasteiger partial charge in [0, 0.05) is 18.4 Å². The molecule has 22 heavy (non-hydrogen) atoms. The minimum atomic E-state index is -0.133. The Morgan fingerprint density at radius 2 is 1.59 bits per heavy atom. The zero-order chi connectivity index (χ0) is 16.3. The summed E-state index contributed by atoms with van der Waals surface area (Å²) in [4.78, 5) is 14.2. The molecule has 0 bridgehead atoms. The summed E-state index contributed by atoms with van der Waals surface area (Å²) < 4.78 is 0. The van der Waals surface area contributed by atoms with Crippen molar-refractivity contribution in [3.05, 3.63) is 59.7 Å². The lowest BCUT2D eigenvalue weighted by Crippen LogP contribution is -2.33. The van der Waals surface area contributed by atoms with Crippen LogP contribution in [0.5, 0.6) is 0 Å². The van der Waals surface area contributed by atoms with Crippen molar-refractivity contribution in [2.24, 2.45) is 0 Å². The predicted octanol–water partition coefficient (Wildman–Crippen LogP) is 4.96. The third kappa shape index (κ3) is 3.48. The van der Waals surface area contributed by atoms with E-state index in [2.05, 4.69) is 32.2 Å². The van der Waals surface area contributed by atoms with Crippen LogP contribution in [0.15, 0.2) is 48.5 Å². The number of benzene rings is 2. The lowest BCUT2D eigenvalue weighted by Gasteiger charge is -2.28. The van der Waals surface area contributed by atoms with Gasteiger partial charge in [0.05, 0.1) is 0 Å². The van der Waals surface area contributed by atoms with Crippen LogP contribution >= 0.6 is 0 Å². The highest BCUT2D eigenvalue weighted by Gasteiger charge is 2.22. The summed E-state index contributed by atoms with van der Waals surface area (Å²) in [5.41, 5.74) is 3.95. The number of rotatable bonds is 2. The molecule has 0 aliphatic heterocycles. The average molecular weight is 296 g/mol. The van der Waals surface area contributed by atoms with E-state index in [0.29, 0.717) is 0 Å². The number of nitrogens with one attached hydrogen (secondary N) is 1. The molecule has 2 amide bonds. The van der Waals surface area contributed by atoms with Crippen LogP contribution in [0.2, 0.25) is 0 Å². The minimum absolute atomic E-state index is 0.0200. The summed E-state index contributed by atoms with van der Waals surface area (Å²) >= 11 is 0. The van der Waals surface area contributed by atoms with Crippen LogP contribution in [0.25, 0.3) is 0 Å². The molecule has 0 saturated carbocycles. The van der Waals surface area contributed by atoms with Gasteiger partial charge >= 0.3 is 6.03 Å². The normalized spacial score (nSPS) is 11.1. The van der Waals surface area contributed by atoms with Crippen molar-refractivity contribution >= 4 is 17.4 Å². The standard InChI is InChI=1S/C19H24N2O/c1-14-10-6-8-12-16(14)20-18(22)21(5)17-13-9-7-11-15(17)19(2,3)4/h6-13H,1-5H3,(H,20,22). The first kappa shape index (κ1) is 16.1. The van der Waals surface area contributed by atoms with Gasteiger partial charge in [-0.15, -0.1) is 0 Å². The van der Waals surface area contributed by atoms with E-state index in [1.807, 2.05) is 49.4 Å². The van der Waals surface area contributed by atoms with E-state index in [0.717, 1.165) is 22.5 Å². The van der Waals surface area contributed by atoms with E-state index in [-0.39, 0.29) is 11.4 Å². The number of amides is 2. The highest BCUT2D eigenvalue weighted by molar-refractivity contribution is 6.02. The summed E-state index contributed by atoms with van der Waals surface area (Å²) in [6, 6.07) is 15.7. The summed E-state index contributed by atoms with van der Waals surface area (Å²) in [7, 11) is 1.80. The Labute approximate surface area is 133 Å². The van der Waals surface area contributed by atoms with Gasteiger partial charge in [-0.3, -0.25) is 4.90 Å². The molecule has 0 spiro atoms. The number of carbonyl (C=O) groups excluding carboxylic acids is 1. The van der Waals surface area contributed by atoms with E-state index in [4.69, 9.17) is 0 Å². The Kier molecular flexibility index (Phi) is 4.55. The maximum absolute atomic E-state index is 12.6. The van der Waals surface area contributed by atoms with Crippen LogP contribution < -0.4 is 10.2 Å². The number of carbonyl (C=O) groups is 1. The molecule has 0 aromatic heterocycles. The molecule has 0 fully saturated rings. The number of aryl methyl sites for hydroxylation is 1. The summed E-state index contributed by atoms with van der Waals surface area (Å²) in [5.74, 6) is 0.